The summed E-state index contributed by atoms with van der Waals surface area (Å²) in [6.45, 7) is 1.43. The Bertz CT molecular complexity index is 369. The highest BCUT2D eigenvalue weighted by Crippen LogP contribution is 2.22. The third-order valence-corrected chi connectivity index (χ3v) is 2.41. The van der Waals surface area contributed by atoms with Crippen LogP contribution >= 0.6 is 0 Å². The highest BCUT2D eigenvalue weighted by molar-refractivity contribution is 5.33. The van der Waals surface area contributed by atoms with Crippen molar-refractivity contribution in [2.75, 3.05) is 26.9 Å². The lowest BCUT2D eigenvalue weighted by Gasteiger charge is -2.13. The molecule has 3 nitrogen and oxygen atoms in total. The van der Waals surface area contributed by atoms with Gasteiger partial charge in [0.25, 0.3) is 0 Å². The molecule has 1 aromatic carbocycles. The summed E-state index contributed by atoms with van der Waals surface area (Å²) in [5, 5.41) is 3.12. The minimum Gasteiger partial charge on any atom is -0.493 e. The van der Waals surface area contributed by atoms with Crippen molar-refractivity contribution in [3.05, 3.63) is 29.8 Å². The number of ether oxygens (including phenoxy) is 2. The Hall–Kier alpha value is -1.27. The molecular formula is C13H18F3NO2. The van der Waals surface area contributed by atoms with Crippen LogP contribution in [0.25, 0.3) is 0 Å². The van der Waals surface area contributed by atoms with Crippen molar-refractivity contribution in [2.24, 2.45) is 0 Å². The third kappa shape index (κ3) is 7.03. The second-order valence-electron chi connectivity index (χ2n) is 3.99. The number of hydrogen-bond donors (Lipinski definition) is 1. The van der Waals surface area contributed by atoms with E-state index < -0.39 is 12.6 Å². The Morgan fingerprint density at radius 3 is 2.58 bits per heavy atom. The molecule has 0 saturated heterocycles. The monoisotopic (exact) mass is 277 g/mol. The number of benzene rings is 1. The van der Waals surface area contributed by atoms with Gasteiger partial charge in [0.1, 0.15) is 5.75 Å². The van der Waals surface area contributed by atoms with Gasteiger partial charge in [0.05, 0.1) is 19.6 Å². The summed E-state index contributed by atoms with van der Waals surface area (Å²) in [6, 6.07) is 7.05. The quantitative estimate of drug-likeness (QED) is 0.741. The van der Waals surface area contributed by atoms with Gasteiger partial charge in [-0.25, -0.2) is 0 Å². The van der Waals surface area contributed by atoms with E-state index in [-0.39, 0.29) is 6.61 Å². The Morgan fingerprint density at radius 2 is 1.89 bits per heavy atom. The average Bonchev–Trinajstić information content (AvgIpc) is 2.35. The highest BCUT2D eigenvalue weighted by Gasteiger charge is 2.26. The molecule has 0 aliphatic rings. The molecule has 6 heteroatoms. The van der Waals surface area contributed by atoms with Gasteiger partial charge >= 0.3 is 6.18 Å². The number of methoxy groups -OCH3 is 1. The number of halogens is 3. The maximum Gasteiger partial charge on any atom is 0.392 e. The van der Waals surface area contributed by atoms with Crippen molar-refractivity contribution in [2.45, 2.75) is 19.1 Å². The van der Waals surface area contributed by atoms with Crippen LogP contribution in [-0.2, 0) is 11.3 Å². The molecular weight excluding hydrogens is 259 g/mol. The Morgan fingerprint density at radius 1 is 1.16 bits per heavy atom. The van der Waals surface area contributed by atoms with Crippen molar-refractivity contribution in [3.63, 3.8) is 0 Å². The van der Waals surface area contributed by atoms with E-state index in [1.54, 1.807) is 19.2 Å². The molecule has 0 heterocycles. The summed E-state index contributed by atoms with van der Waals surface area (Å²) >= 11 is 0. The van der Waals surface area contributed by atoms with E-state index in [1.807, 2.05) is 12.1 Å². The lowest BCUT2D eigenvalue weighted by molar-refractivity contribution is -0.139. The van der Waals surface area contributed by atoms with Crippen LogP contribution in [0.4, 0.5) is 13.2 Å². The van der Waals surface area contributed by atoms with E-state index in [9.17, 15) is 13.2 Å². The number of nitrogens with one attached hydrogen (secondary N) is 1. The number of alkyl halides is 3. The van der Waals surface area contributed by atoms with E-state index >= 15 is 0 Å². The van der Waals surface area contributed by atoms with Gasteiger partial charge in [0.2, 0.25) is 0 Å². The molecule has 0 saturated carbocycles. The van der Waals surface area contributed by atoms with Gasteiger partial charge in [0, 0.05) is 25.8 Å². The first-order chi connectivity index (χ1) is 9.03. The first-order valence-electron chi connectivity index (χ1n) is 6.00. The fraction of sp³-hybridized carbons (Fsp3) is 0.538. The summed E-state index contributed by atoms with van der Waals surface area (Å²) in [4.78, 5) is 0. The third-order valence-electron chi connectivity index (χ3n) is 2.41. The van der Waals surface area contributed by atoms with Crippen LogP contribution in [0.2, 0.25) is 0 Å². The molecule has 0 aromatic heterocycles. The number of hydrogen-bond acceptors (Lipinski definition) is 3. The van der Waals surface area contributed by atoms with Crippen LogP contribution in [0.3, 0.4) is 0 Å². The van der Waals surface area contributed by atoms with Crippen LogP contribution < -0.4 is 10.1 Å². The maximum absolute atomic E-state index is 12.0. The highest BCUT2D eigenvalue weighted by atomic mass is 19.4. The normalized spacial score (nSPS) is 11.6. The minimum atomic E-state index is -4.19. The molecule has 0 aliphatic carbocycles. The SMILES string of the molecule is COCCNCc1ccccc1OCCC(F)(F)F. The van der Waals surface area contributed by atoms with Gasteiger partial charge in [-0.2, -0.15) is 13.2 Å². The molecule has 1 rings (SSSR count). The van der Waals surface area contributed by atoms with Crippen molar-refractivity contribution in [1.82, 2.24) is 5.32 Å². The first kappa shape index (κ1) is 15.8. The summed E-state index contributed by atoms with van der Waals surface area (Å²) < 4.78 is 46.2. The molecule has 0 bridgehead atoms. The second kappa shape index (κ2) is 8.01. The van der Waals surface area contributed by atoms with E-state index in [2.05, 4.69) is 5.32 Å². The molecule has 0 spiro atoms. The zero-order chi connectivity index (χ0) is 14.1. The van der Waals surface area contributed by atoms with E-state index in [0.29, 0.717) is 25.4 Å². The van der Waals surface area contributed by atoms with Crippen LogP contribution in [0, 0.1) is 0 Å². The largest absolute Gasteiger partial charge is 0.493 e. The fourth-order valence-corrected chi connectivity index (χ4v) is 1.46. The second-order valence-corrected chi connectivity index (χ2v) is 3.99. The van der Waals surface area contributed by atoms with Gasteiger partial charge in [-0.15, -0.1) is 0 Å². The van der Waals surface area contributed by atoms with E-state index in [4.69, 9.17) is 9.47 Å². The number of rotatable bonds is 8. The van der Waals surface area contributed by atoms with Crippen molar-refractivity contribution < 1.29 is 22.6 Å². The summed E-state index contributed by atoms with van der Waals surface area (Å²) in [7, 11) is 1.61. The summed E-state index contributed by atoms with van der Waals surface area (Å²) in [5.74, 6) is 0.483. The molecule has 0 radical (unpaired) electrons. The lowest BCUT2D eigenvalue weighted by Crippen LogP contribution is -2.19. The zero-order valence-electron chi connectivity index (χ0n) is 10.8. The van der Waals surface area contributed by atoms with Crippen LogP contribution in [-0.4, -0.2) is 33.0 Å². The number of para-hydroxylation sites is 1. The van der Waals surface area contributed by atoms with Crippen LogP contribution in [0.15, 0.2) is 24.3 Å². The molecule has 108 valence electrons. The summed E-state index contributed by atoms with van der Waals surface area (Å²) in [6.07, 6.45) is -5.13. The predicted molar refractivity (Wildman–Crippen MR) is 66.2 cm³/mol. The van der Waals surface area contributed by atoms with Gasteiger partial charge in [0.15, 0.2) is 0 Å². The molecule has 1 aromatic rings. The van der Waals surface area contributed by atoms with Crippen molar-refractivity contribution in [3.8, 4) is 5.75 Å². The predicted octanol–water partition coefficient (Wildman–Crippen LogP) is 2.75. The summed E-state index contributed by atoms with van der Waals surface area (Å²) in [5.41, 5.74) is 0.834. The van der Waals surface area contributed by atoms with Crippen molar-refractivity contribution >= 4 is 0 Å². The Labute approximate surface area is 110 Å². The molecule has 0 atom stereocenters. The molecule has 0 aliphatic heterocycles. The minimum absolute atomic E-state index is 0.363. The van der Waals surface area contributed by atoms with Gasteiger partial charge < -0.3 is 14.8 Å². The molecule has 1 N–H and O–H groups in total. The Kier molecular flexibility index (Phi) is 6.66. The smallest absolute Gasteiger partial charge is 0.392 e. The van der Waals surface area contributed by atoms with E-state index in [0.717, 1.165) is 5.56 Å². The van der Waals surface area contributed by atoms with Crippen molar-refractivity contribution in [1.29, 1.82) is 0 Å². The first-order valence-corrected chi connectivity index (χ1v) is 6.00. The van der Waals surface area contributed by atoms with E-state index in [1.165, 1.54) is 0 Å². The molecule has 19 heavy (non-hydrogen) atoms. The van der Waals surface area contributed by atoms with Crippen LogP contribution in [0.5, 0.6) is 5.75 Å². The van der Waals surface area contributed by atoms with Gasteiger partial charge in [-0.1, -0.05) is 18.2 Å². The molecule has 0 amide bonds. The Balaban J connectivity index is 2.44. The fourth-order valence-electron chi connectivity index (χ4n) is 1.46. The van der Waals surface area contributed by atoms with Gasteiger partial charge in [-0.05, 0) is 6.07 Å². The topological polar surface area (TPSA) is 30.5 Å². The zero-order valence-corrected chi connectivity index (χ0v) is 10.8. The molecule has 0 unspecified atom stereocenters. The lowest BCUT2D eigenvalue weighted by atomic mass is 10.2. The molecule has 0 fully saturated rings. The maximum atomic E-state index is 12.0. The average molecular weight is 277 g/mol. The standard InChI is InChI=1S/C13H18F3NO2/c1-18-9-7-17-10-11-4-2-3-5-12(11)19-8-6-13(14,15)16/h2-5,17H,6-10H2,1H3. The van der Waals surface area contributed by atoms with Gasteiger partial charge in [-0.3, -0.25) is 0 Å². The van der Waals surface area contributed by atoms with Crippen LogP contribution in [0.1, 0.15) is 12.0 Å².